The van der Waals surface area contributed by atoms with Gasteiger partial charge in [-0.15, -0.1) is 0 Å². The molecular formula is C14H16N4O2. The Morgan fingerprint density at radius 2 is 2.15 bits per heavy atom. The normalized spacial score (nSPS) is 12.9. The Hall–Kier alpha value is -2.21. The average molecular weight is 272 g/mol. The molecular weight excluding hydrogens is 256 g/mol. The monoisotopic (exact) mass is 272 g/mol. The van der Waals surface area contributed by atoms with Gasteiger partial charge in [-0.05, 0) is 12.5 Å². The molecule has 0 radical (unpaired) electrons. The highest BCUT2D eigenvalue weighted by Crippen LogP contribution is 2.27. The minimum absolute atomic E-state index is 0.316. The van der Waals surface area contributed by atoms with Crippen LogP contribution in [0.4, 0.5) is 0 Å². The van der Waals surface area contributed by atoms with Gasteiger partial charge in [0.15, 0.2) is 5.69 Å². The van der Waals surface area contributed by atoms with Crippen LogP contribution in [0.1, 0.15) is 31.7 Å². The molecule has 0 fully saturated rings. The van der Waals surface area contributed by atoms with Crippen LogP contribution in [0, 0.1) is 0 Å². The number of fused-ring (bicyclic) bond motifs is 1. The van der Waals surface area contributed by atoms with Gasteiger partial charge in [0, 0.05) is 12.4 Å². The molecule has 20 heavy (non-hydrogen) atoms. The molecule has 0 bridgehead atoms. The third-order valence-electron chi connectivity index (χ3n) is 3.26. The van der Waals surface area contributed by atoms with Crippen molar-refractivity contribution in [1.82, 2.24) is 19.9 Å². The van der Waals surface area contributed by atoms with Crippen LogP contribution >= 0.6 is 0 Å². The Morgan fingerprint density at radius 1 is 1.35 bits per heavy atom. The van der Waals surface area contributed by atoms with Crippen LogP contribution in [0.3, 0.4) is 0 Å². The fourth-order valence-corrected chi connectivity index (χ4v) is 2.24. The zero-order chi connectivity index (χ0) is 14.1. The lowest BCUT2D eigenvalue weighted by Gasteiger charge is -2.00. The second-order valence-corrected chi connectivity index (χ2v) is 4.75. The number of aliphatic hydroxyl groups excluding tert-OH is 1. The van der Waals surface area contributed by atoms with E-state index in [4.69, 9.17) is 4.52 Å². The van der Waals surface area contributed by atoms with Crippen molar-refractivity contribution in [3.8, 4) is 11.6 Å². The number of aliphatic hydroxyl groups is 1. The average Bonchev–Trinajstić information content (AvgIpc) is 3.05. The highest BCUT2D eigenvalue weighted by Gasteiger charge is 2.19. The quantitative estimate of drug-likeness (QED) is 0.789. The number of hydrogen-bond donors (Lipinski definition) is 1. The summed E-state index contributed by atoms with van der Waals surface area (Å²) in [4.78, 5) is 4.26. The van der Waals surface area contributed by atoms with Gasteiger partial charge in [-0.1, -0.05) is 36.7 Å². The zero-order valence-corrected chi connectivity index (χ0v) is 11.4. The van der Waals surface area contributed by atoms with E-state index in [9.17, 15) is 5.11 Å². The first-order valence-electron chi connectivity index (χ1n) is 6.64. The summed E-state index contributed by atoms with van der Waals surface area (Å²) in [5, 5.41) is 19.1. The third-order valence-corrected chi connectivity index (χ3v) is 3.26. The van der Waals surface area contributed by atoms with Crippen molar-refractivity contribution in [2.45, 2.75) is 25.9 Å². The summed E-state index contributed by atoms with van der Waals surface area (Å²) in [6, 6.07) is 7.84. The van der Waals surface area contributed by atoms with Crippen molar-refractivity contribution in [3.63, 3.8) is 0 Å². The van der Waals surface area contributed by atoms with Crippen LogP contribution in [-0.2, 0) is 7.05 Å². The van der Waals surface area contributed by atoms with E-state index in [1.165, 1.54) is 0 Å². The summed E-state index contributed by atoms with van der Waals surface area (Å²) in [6.07, 6.45) is 0.784. The summed E-state index contributed by atoms with van der Waals surface area (Å²) in [6.45, 7) is 2.00. The first-order chi connectivity index (χ1) is 9.70. The molecule has 1 unspecified atom stereocenters. The van der Waals surface area contributed by atoms with Crippen LogP contribution < -0.4 is 0 Å². The second-order valence-electron chi connectivity index (χ2n) is 4.75. The van der Waals surface area contributed by atoms with Crippen LogP contribution in [-0.4, -0.2) is 25.0 Å². The molecule has 0 aliphatic heterocycles. The first kappa shape index (κ1) is 12.8. The summed E-state index contributed by atoms with van der Waals surface area (Å²) in [5.74, 6) is 0.656. The number of hydrogen-bond acceptors (Lipinski definition) is 5. The highest BCUT2D eigenvalue weighted by molar-refractivity contribution is 5.91. The molecule has 1 N–H and O–H groups in total. The summed E-state index contributed by atoms with van der Waals surface area (Å²) >= 11 is 0. The summed E-state index contributed by atoms with van der Waals surface area (Å²) < 4.78 is 7.02. The fourth-order valence-electron chi connectivity index (χ4n) is 2.24. The largest absolute Gasteiger partial charge is 0.385 e. The van der Waals surface area contributed by atoms with E-state index in [0.717, 1.165) is 17.3 Å². The molecule has 0 aliphatic rings. The Morgan fingerprint density at radius 3 is 2.95 bits per heavy atom. The maximum atomic E-state index is 9.89. The summed E-state index contributed by atoms with van der Waals surface area (Å²) in [7, 11) is 1.87. The van der Waals surface area contributed by atoms with Gasteiger partial charge in [-0.25, -0.2) is 0 Å². The topological polar surface area (TPSA) is 77.0 Å². The molecule has 0 spiro atoms. The number of rotatable bonds is 4. The maximum absolute atomic E-state index is 9.89. The highest BCUT2D eigenvalue weighted by atomic mass is 16.5. The molecule has 1 aromatic carbocycles. The van der Waals surface area contributed by atoms with Gasteiger partial charge in [-0.3, -0.25) is 4.68 Å². The SMILES string of the molecule is CCCC(O)c1noc(-c2nn(C)c3ccccc23)n1. The van der Waals surface area contributed by atoms with Crippen molar-refractivity contribution < 1.29 is 9.63 Å². The number of para-hydroxylation sites is 1. The molecule has 0 saturated carbocycles. The molecule has 3 rings (SSSR count). The number of aromatic nitrogens is 4. The van der Waals surface area contributed by atoms with Gasteiger partial charge < -0.3 is 9.63 Å². The molecule has 6 heteroatoms. The maximum Gasteiger partial charge on any atom is 0.279 e. The molecule has 2 aromatic heterocycles. The molecule has 1 atom stereocenters. The Balaban J connectivity index is 2.03. The zero-order valence-electron chi connectivity index (χ0n) is 11.4. The standard InChI is InChI=1S/C14H16N4O2/c1-3-6-11(19)13-15-14(20-17-13)12-9-7-4-5-8-10(9)18(2)16-12/h4-5,7-8,11,19H,3,6H2,1-2H3. The van der Waals surface area contributed by atoms with Gasteiger partial charge in [0.05, 0.1) is 5.52 Å². The lowest BCUT2D eigenvalue weighted by molar-refractivity contribution is 0.153. The van der Waals surface area contributed by atoms with E-state index in [-0.39, 0.29) is 0 Å². The third kappa shape index (κ3) is 2.08. The van der Waals surface area contributed by atoms with E-state index in [1.54, 1.807) is 4.68 Å². The van der Waals surface area contributed by atoms with Crippen LogP contribution in [0.15, 0.2) is 28.8 Å². The van der Waals surface area contributed by atoms with Crippen LogP contribution in [0.25, 0.3) is 22.5 Å². The minimum atomic E-state index is -0.688. The number of aryl methyl sites for hydroxylation is 1. The smallest absolute Gasteiger partial charge is 0.279 e. The van der Waals surface area contributed by atoms with Crippen molar-refractivity contribution in [2.75, 3.05) is 0 Å². The van der Waals surface area contributed by atoms with Gasteiger partial charge >= 0.3 is 0 Å². The van der Waals surface area contributed by atoms with Crippen LogP contribution in [0.5, 0.6) is 0 Å². The lowest BCUT2D eigenvalue weighted by Crippen LogP contribution is -1.98. The van der Waals surface area contributed by atoms with Crippen LogP contribution in [0.2, 0.25) is 0 Å². The molecule has 2 heterocycles. The number of nitrogens with zero attached hydrogens (tertiary/aromatic N) is 4. The molecule has 104 valence electrons. The van der Waals surface area contributed by atoms with Gasteiger partial charge in [0.2, 0.25) is 5.82 Å². The van der Waals surface area contributed by atoms with E-state index in [0.29, 0.717) is 23.8 Å². The minimum Gasteiger partial charge on any atom is -0.385 e. The summed E-state index contributed by atoms with van der Waals surface area (Å²) in [5.41, 5.74) is 1.64. The molecule has 0 amide bonds. The molecule has 6 nitrogen and oxygen atoms in total. The Kier molecular flexibility index (Phi) is 3.23. The number of benzene rings is 1. The lowest BCUT2D eigenvalue weighted by atomic mass is 10.2. The van der Waals surface area contributed by atoms with Crippen molar-refractivity contribution in [1.29, 1.82) is 0 Å². The van der Waals surface area contributed by atoms with E-state index < -0.39 is 6.10 Å². The molecule has 3 aromatic rings. The van der Waals surface area contributed by atoms with Crippen molar-refractivity contribution in [2.24, 2.45) is 7.05 Å². The molecule has 0 aliphatic carbocycles. The van der Waals surface area contributed by atoms with E-state index in [1.807, 2.05) is 38.2 Å². The van der Waals surface area contributed by atoms with Gasteiger partial charge in [0.1, 0.15) is 6.10 Å². The Labute approximate surface area is 116 Å². The Bertz CT molecular complexity index is 732. The fraction of sp³-hybridized carbons (Fsp3) is 0.357. The van der Waals surface area contributed by atoms with Crippen molar-refractivity contribution in [3.05, 3.63) is 30.1 Å². The van der Waals surface area contributed by atoms with E-state index in [2.05, 4.69) is 15.2 Å². The molecule has 0 saturated heterocycles. The predicted molar refractivity (Wildman–Crippen MR) is 73.9 cm³/mol. The predicted octanol–water partition coefficient (Wildman–Crippen LogP) is 2.46. The van der Waals surface area contributed by atoms with E-state index >= 15 is 0 Å². The first-order valence-corrected chi connectivity index (χ1v) is 6.64. The second kappa shape index (κ2) is 5.05. The van der Waals surface area contributed by atoms with Gasteiger partial charge in [0.25, 0.3) is 5.89 Å². The van der Waals surface area contributed by atoms with Crippen molar-refractivity contribution >= 4 is 10.9 Å². The van der Waals surface area contributed by atoms with Gasteiger partial charge in [-0.2, -0.15) is 10.1 Å².